The van der Waals surface area contributed by atoms with E-state index in [1.165, 1.54) is 18.2 Å². The number of alkyl halides is 3. The number of ether oxygens (including phenoxy) is 1. The average molecular weight is 385 g/mol. The smallest absolute Gasteiger partial charge is 0.408 e. The summed E-state index contributed by atoms with van der Waals surface area (Å²) in [6.07, 6.45) is -5.54. The summed E-state index contributed by atoms with van der Waals surface area (Å²) < 4.78 is 42.7. The number of anilines is 1. The molecule has 2 aromatic rings. The van der Waals surface area contributed by atoms with Gasteiger partial charge in [0.1, 0.15) is 0 Å². The van der Waals surface area contributed by atoms with Crippen molar-refractivity contribution in [3.8, 4) is 5.75 Å². The summed E-state index contributed by atoms with van der Waals surface area (Å²) in [5.74, 6) is -0.0782. The van der Waals surface area contributed by atoms with Crippen molar-refractivity contribution in [1.82, 2.24) is 0 Å². The molecule has 1 amide bonds. The van der Waals surface area contributed by atoms with Gasteiger partial charge in [-0.05, 0) is 24.3 Å². The van der Waals surface area contributed by atoms with Gasteiger partial charge in [0.25, 0.3) is 0 Å². The Morgan fingerprint density at radius 1 is 1.00 bits per heavy atom. The zero-order chi connectivity index (χ0) is 17.2. The van der Waals surface area contributed by atoms with Crippen LogP contribution in [-0.4, -0.2) is 6.09 Å². The fourth-order valence-corrected chi connectivity index (χ4v) is 2.17. The Kier molecular flexibility index (Phi) is 5.29. The maximum Gasteiger partial charge on any atom is 0.417 e. The normalized spacial score (nSPS) is 11.2. The molecule has 0 aromatic heterocycles. The van der Waals surface area contributed by atoms with E-state index in [2.05, 4.69) is 5.32 Å². The van der Waals surface area contributed by atoms with Crippen LogP contribution in [0.4, 0.5) is 23.7 Å². The van der Waals surface area contributed by atoms with Crippen LogP contribution in [0.5, 0.6) is 5.75 Å². The Morgan fingerprint density at radius 2 is 1.65 bits per heavy atom. The molecule has 23 heavy (non-hydrogen) atoms. The number of carbonyl (C=O) groups excluding carboxylic acids is 1. The third-order valence-corrected chi connectivity index (χ3v) is 3.63. The Bertz CT molecular complexity index is 751. The van der Waals surface area contributed by atoms with Crippen molar-refractivity contribution in [2.75, 3.05) is 5.32 Å². The molecule has 0 aliphatic heterocycles. The van der Waals surface area contributed by atoms with Gasteiger partial charge in [0.05, 0.1) is 20.6 Å². The number of rotatable bonds is 2. The van der Waals surface area contributed by atoms with Crippen LogP contribution in [0.25, 0.3) is 0 Å². The first-order chi connectivity index (χ1) is 10.7. The molecule has 0 saturated carbocycles. The highest BCUT2D eigenvalue weighted by Gasteiger charge is 2.30. The first-order valence-corrected chi connectivity index (χ1v) is 7.11. The van der Waals surface area contributed by atoms with E-state index in [1.807, 2.05) is 0 Å². The van der Waals surface area contributed by atoms with Gasteiger partial charge < -0.3 is 4.74 Å². The first kappa shape index (κ1) is 17.7. The van der Waals surface area contributed by atoms with E-state index in [0.717, 1.165) is 18.2 Å². The number of halogens is 6. The number of hydrogen-bond donors (Lipinski definition) is 1. The molecule has 9 heteroatoms. The third-order valence-electron chi connectivity index (χ3n) is 2.61. The minimum atomic E-state index is -4.52. The Morgan fingerprint density at radius 3 is 2.30 bits per heavy atom. The third kappa shape index (κ3) is 4.67. The standard InChI is InChI=1S/C14H7Cl3F3NO2/c15-9-5-11(17)12(6-10(9)16)23-13(22)21-8-3-1-2-7(4-8)14(18,19)20/h1-6H,(H,21,22). The van der Waals surface area contributed by atoms with Crippen LogP contribution in [0.1, 0.15) is 5.56 Å². The number of amides is 1. The van der Waals surface area contributed by atoms with Crippen molar-refractivity contribution >= 4 is 46.6 Å². The lowest BCUT2D eigenvalue weighted by Gasteiger charge is -2.11. The molecule has 0 aliphatic rings. The van der Waals surface area contributed by atoms with Crippen molar-refractivity contribution in [2.45, 2.75) is 6.18 Å². The van der Waals surface area contributed by atoms with Gasteiger partial charge in [-0.3, -0.25) is 5.32 Å². The predicted octanol–water partition coefficient (Wildman–Crippen LogP) is 6.28. The van der Waals surface area contributed by atoms with Crippen molar-refractivity contribution in [2.24, 2.45) is 0 Å². The molecular formula is C14H7Cl3F3NO2. The summed E-state index contributed by atoms with van der Waals surface area (Å²) >= 11 is 17.3. The van der Waals surface area contributed by atoms with E-state index in [1.54, 1.807) is 0 Å². The maximum atomic E-state index is 12.6. The van der Waals surface area contributed by atoms with Crippen LogP contribution >= 0.6 is 34.8 Å². The van der Waals surface area contributed by atoms with Crippen LogP contribution in [0.2, 0.25) is 15.1 Å². The molecule has 2 rings (SSSR count). The molecule has 0 bridgehead atoms. The quantitative estimate of drug-likeness (QED) is 0.619. The molecule has 0 spiro atoms. The average Bonchev–Trinajstić information content (AvgIpc) is 2.44. The summed E-state index contributed by atoms with van der Waals surface area (Å²) in [6, 6.07) is 6.60. The zero-order valence-electron chi connectivity index (χ0n) is 11.0. The van der Waals surface area contributed by atoms with E-state index in [9.17, 15) is 18.0 Å². The fraction of sp³-hybridized carbons (Fsp3) is 0.0714. The lowest BCUT2D eigenvalue weighted by molar-refractivity contribution is -0.137. The second-order valence-electron chi connectivity index (χ2n) is 4.29. The van der Waals surface area contributed by atoms with Gasteiger partial charge in [-0.25, -0.2) is 4.79 Å². The molecule has 122 valence electrons. The highest BCUT2D eigenvalue weighted by Crippen LogP contribution is 2.34. The summed E-state index contributed by atoms with van der Waals surface area (Å²) in [4.78, 5) is 11.7. The number of nitrogens with one attached hydrogen (secondary N) is 1. The minimum absolute atomic E-state index is 0.0265. The largest absolute Gasteiger partial charge is 0.417 e. The highest BCUT2D eigenvalue weighted by molar-refractivity contribution is 6.43. The zero-order valence-corrected chi connectivity index (χ0v) is 13.3. The molecule has 0 heterocycles. The molecule has 1 N–H and O–H groups in total. The molecule has 0 atom stereocenters. The Hall–Kier alpha value is -1.63. The molecular weight excluding hydrogens is 378 g/mol. The van der Waals surface area contributed by atoms with E-state index in [-0.39, 0.29) is 26.5 Å². The Balaban J connectivity index is 2.13. The van der Waals surface area contributed by atoms with Crippen LogP contribution in [0.3, 0.4) is 0 Å². The molecule has 0 fully saturated rings. The number of carbonyl (C=O) groups is 1. The van der Waals surface area contributed by atoms with Gasteiger partial charge >= 0.3 is 12.3 Å². The highest BCUT2D eigenvalue weighted by atomic mass is 35.5. The van der Waals surface area contributed by atoms with E-state index < -0.39 is 17.8 Å². The summed E-state index contributed by atoms with van der Waals surface area (Å²) in [5, 5.41) is 2.47. The Labute approximate surface area is 143 Å². The van der Waals surface area contributed by atoms with Gasteiger partial charge in [0.2, 0.25) is 0 Å². The van der Waals surface area contributed by atoms with E-state index in [0.29, 0.717) is 0 Å². The predicted molar refractivity (Wildman–Crippen MR) is 82.6 cm³/mol. The first-order valence-electron chi connectivity index (χ1n) is 5.97. The van der Waals surface area contributed by atoms with Gasteiger partial charge in [0.15, 0.2) is 5.75 Å². The monoisotopic (exact) mass is 383 g/mol. The topological polar surface area (TPSA) is 38.3 Å². The van der Waals surface area contributed by atoms with Gasteiger partial charge in [-0.2, -0.15) is 13.2 Å². The lowest BCUT2D eigenvalue weighted by atomic mass is 10.2. The minimum Gasteiger partial charge on any atom is -0.408 e. The molecule has 0 aliphatic carbocycles. The lowest BCUT2D eigenvalue weighted by Crippen LogP contribution is -2.17. The number of benzene rings is 2. The van der Waals surface area contributed by atoms with Crippen molar-refractivity contribution in [3.05, 3.63) is 57.0 Å². The van der Waals surface area contributed by atoms with Crippen molar-refractivity contribution in [3.63, 3.8) is 0 Å². The van der Waals surface area contributed by atoms with Crippen LogP contribution in [-0.2, 0) is 6.18 Å². The summed E-state index contributed by atoms with van der Waals surface area (Å²) in [7, 11) is 0. The molecule has 0 radical (unpaired) electrons. The maximum absolute atomic E-state index is 12.6. The molecule has 0 saturated heterocycles. The van der Waals surface area contributed by atoms with Crippen LogP contribution < -0.4 is 10.1 Å². The molecule has 3 nitrogen and oxygen atoms in total. The van der Waals surface area contributed by atoms with Crippen molar-refractivity contribution < 1.29 is 22.7 Å². The summed E-state index contributed by atoms with van der Waals surface area (Å²) in [5.41, 5.74) is -0.983. The second-order valence-corrected chi connectivity index (χ2v) is 5.51. The molecule has 0 unspecified atom stereocenters. The van der Waals surface area contributed by atoms with Gasteiger partial charge in [0, 0.05) is 11.8 Å². The van der Waals surface area contributed by atoms with Crippen molar-refractivity contribution in [1.29, 1.82) is 0 Å². The van der Waals surface area contributed by atoms with Gasteiger partial charge in [-0.15, -0.1) is 0 Å². The summed E-state index contributed by atoms with van der Waals surface area (Å²) in [6.45, 7) is 0. The molecule has 2 aromatic carbocycles. The van der Waals surface area contributed by atoms with E-state index in [4.69, 9.17) is 39.5 Å². The van der Waals surface area contributed by atoms with E-state index >= 15 is 0 Å². The SMILES string of the molecule is O=C(Nc1cccc(C(F)(F)F)c1)Oc1cc(Cl)c(Cl)cc1Cl. The second kappa shape index (κ2) is 6.86. The number of hydrogen-bond acceptors (Lipinski definition) is 2. The van der Waals surface area contributed by atoms with Crippen LogP contribution in [0, 0.1) is 0 Å². The van der Waals surface area contributed by atoms with Gasteiger partial charge in [-0.1, -0.05) is 40.9 Å². The van der Waals surface area contributed by atoms with Crippen LogP contribution in [0.15, 0.2) is 36.4 Å². The fourth-order valence-electron chi connectivity index (χ4n) is 1.60.